The second kappa shape index (κ2) is 4.95. The van der Waals surface area contributed by atoms with E-state index in [0.717, 1.165) is 6.42 Å². The SMILES string of the molecule is CCCn1ncnc1C(=O)c1cccc(F)c1N. The van der Waals surface area contributed by atoms with E-state index in [0.29, 0.717) is 6.54 Å². The molecule has 2 rings (SSSR count). The standard InChI is InChI=1S/C12H13FN4O/c1-2-6-17-12(15-7-16-17)11(18)8-4-3-5-9(13)10(8)14/h3-5,7H,2,6,14H2,1H3. The number of halogens is 1. The molecule has 1 aromatic heterocycles. The van der Waals surface area contributed by atoms with Crippen molar-refractivity contribution < 1.29 is 9.18 Å². The molecule has 0 unspecified atom stereocenters. The van der Waals surface area contributed by atoms with Crippen LogP contribution in [0.3, 0.4) is 0 Å². The first-order valence-electron chi connectivity index (χ1n) is 5.61. The molecule has 1 aromatic carbocycles. The van der Waals surface area contributed by atoms with Gasteiger partial charge in [0.1, 0.15) is 12.1 Å². The monoisotopic (exact) mass is 248 g/mol. The number of hydrogen-bond donors (Lipinski definition) is 1. The normalized spacial score (nSPS) is 10.6. The minimum Gasteiger partial charge on any atom is -0.396 e. The summed E-state index contributed by atoms with van der Waals surface area (Å²) in [4.78, 5) is 16.1. The highest BCUT2D eigenvalue weighted by Crippen LogP contribution is 2.18. The average molecular weight is 248 g/mol. The maximum absolute atomic E-state index is 13.3. The Morgan fingerprint density at radius 1 is 1.50 bits per heavy atom. The van der Waals surface area contributed by atoms with Crippen LogP contribution in [0.2, 0.25) is 0 Å². The minimum atomic E-state index is -0.609. The molecule has 2 N–H and O–H groups in total. The van der Waals surface area contributed by atoms with Crippen molar-refractivity contribution in [3.8, 4) is 0 Å². The van der Waals surface area contributed by atoms with E-state index in [1.54, 1.807) is 0 Å². The van der Waals surface area contributed by atoms with Crippen LogP contribution in [0.1, 0.15) is 29.5 Å². The molecule has 0 aliphatic rings. The van der Waals surface area contributed by atoms with Crippen molar-refractivity contribution in [3.63, 3.8) is 0 Å². The van der Waals surface area contributed by atoms with Gasteiger partial charge in [0, 0.05) is 6.54 Å². The number of carbonyl (C=O) groups is 1. The van der Waals surface area contributed by atoms with Crippen molar-refractivity contribution in [2.24, 2.45) is 0 Å². The van der Waals surface area contributed by atoms with Crippen LogP contribution in [0.15, 0.2) is 24.5 Å². The van der Waals surface area contributed by atoms with Crippen LogP contribution >= 0.6 is 0 Å². The Labute approximate surface area is 103 Å². The molecule has 5 nitrogen and oxygen atoms in total. The highest BCUT2D eigenvalue weighted by Gasteiger charge is 2.19. The second-order valence-corrected chi connectivity index (χ2v) is 3.84. The van der Waals surface area contributed by atoms with Gasteiger partial charge in [0.15, 0.2) is 5.82 Å². The lowest BCUT2D eigenvalue weighted by Crippen LogP contribution is -2.14. The molecule has 6 heteroatoms. The molecule has 18 heavy (non-hydrogen) atoms. The number of benzene rings is 1. The van der Waals surface area contributed by atoms with E-state index < -0.39 is 11.6 Å². The first-order chi connectivity index (χ1) is 8.65. The average Bonchev–Trinajstić information content (AvgIpc) is 2.80. The number of aryl methyl sites for hydroxylation is 1. The van der Waals surface area contributed by atoms with Crippen LogP contribution < -0.4 is 5.73 Å². The molecule has 0 bridgehead atoms. The minimum absolute atomic E-state index is 0.111. The summed E-state index contributed by atoms with van der Waals surface area (Å²) >= 11 is 0. The van der Waals surface area contributed by atoms with Gasteiger partial charge in [-0.25, -0.2) is 14.1 Å². The Hall–Kier alpha value is -2.24. The molecule has 0 spiro atoms. The molecular formula is C12H13FN4O. The molecule has 0 amide bonds. The van der Waals surface area contributed by atoms with E-state index in [4.69, 9.17) is 5.73 Å². The number of carbonyl (C=O) groups excluding carboxylic acids is 1. The fraction of sp³-hybridized carbons (Fsp3) is 0.250. The van der Waals surface area contributed by atoms with Crippen molar-refractivity contribution in [1.82, 2.24) is 14.8 Å². The molecular weight excluding hydrogens is 235 g/mol. The number of hydrogen-bond acceptors (Lipinski definition) is 4. The number of rotatable bonds is 4. The van der Waals surface area contributed by atoms with Gasteiger partial charge in [-0.3, -0.25) is 4.79 Å². The highest BCUT2D eigenvalue weighted by atomic mass is 19.1. The number of aromatic nitrogens is 3. The van der Waals surface area contributed by atoms with Crippen molar-refractivity contribution >= 4 is 11.5 Å². The molecule has 0 fully saturated rings. The quantitative estimate of drug-likeness (QED) is 0.659. The van der Waals surface area contributed by atoms with Crippen molar-refractivity contribution in [2.45, 2.75) is 19.9 Å². The van der Waals surface area contributed by atoms with Gasteiger partial charge in [0.25, 0.3) is 0 Å². The number of nitrogens with two attached hydrogens (primary N) is 1. The molecule has 94 valence electrons. The summed E-state index contributed by atoms with van der Waals surface area (Å²) in [5, 5.41) is 3.95. The van der Waals surface area contributed by atoms with E-state index >= 15 is 0 Å². The molecule has 2 aromatic rings. The molecule has 0 aliphatic heterocycles. The highest BCUT2D eigenvalue weighted by molar-refractivity contribution is 6.09. The van der Waals surface area contributed by atoms with E-state index in [9.17, 15) is 9.18 Å². The van der Waals surface area contributed by atoms with E-state index in [2.05, 4.69) is 10.1 Å². The lowest BCUT2D eigenvalue weighted by Gasteiger charge is -2.06. The molecule has 0 atom stereocenters. The van der Waals surface area contributed by atoms with Crippen LogP contribution in [0, 0.1) is 5.82 Å². The fourth-order valence-electron chi connectivity index (χ4n) is 1.67. The van der Waals surface area contributed by atoms with Gasteiger partial charge in [-0.15, -0.1) is 0 Å². The zero-order chi connectivity index (χ0) is 13.1. The van der Waals surface area contributed by atoms with Crippen LogP contribution in [0.25, 0.3) is 0 Å². The molecule has 0 saturated heterocycles. The zero-order valence-electron chi connectivity index (χ0n) is 9.93. The van der Waals surface area contributed by atoms with Gasteiger partial charge in [-0.1, -0.05) is 13.0 Å². The fourth-order valence-corrected chi connectivity index (χ4v) is 1.67. The summed E-state index contributed by atoms with van der Waals surface area (Å²) in [5.74, 6) is -0.852. The lowest BCUT2D eigenvalue weighted by molar-refractivity contribution is 0.102. The van der Waals surface area contributed by atoms with Crippen molar-refractivity contribution in [3.05, 3.63) is 41.7 Å². The molecule has 0 radical (unpaired) electrons. The third kappa shape index (κ3) is 2.09. The predicted molar refractivity (Wildman–Crippen MR) is 64.6 cm³/mol. The number of nitrogen functional groups attached to an aromatic ring is 1. The van der Waals surface area contributed by atoms with E-state index in [-0.39, 0.29) is 17.1 Å². The van der Waals surface area contributed by atoms with Crippen molar-refractivity contribution in [1.29, 1.82) is 0 Å². The molecule has 1 heterocycles. The van der Waals surface area contributed by atoms with Gasteiger partial charge in [0.05, 0.1) is 11.3 Å². The maximum atomic E-state index is 13.3. The number of para-hydroxylation sites is 1. The molecule has 0 saturated carbocycles. The van der Waals surface area contributed by atoms with Gasteiger partial charge < -0.3 is 5.73 Å². The third-order valence-corrected chi connectivity index (χ3v) is 2.55. The van der Waals surface area contributed by atoms with Crippen LogP contribution in [0.4, 0.5) is 10.1 Å². The van der Waals surface area contributed by atoms with Crippen LogP contribution in [0.5, 0.6) is 0 Å². The van der Waals surface area contributed by atoms with Gasteiger partial charge in [0.2, 0.25) is 5.78 Å². The first kappa shape index (κ1) is 12.2. The Kier molecular flexibility index (Phi) is 3.36. The van der Waals surface area contributed by atoms with Crippen LogP contribution in [-0.4, -0.2) is 20.5 Å². The lowest BCUT2D eigenvalue weighted by atomic mass is 10.1. The summed E-state index contributed by atoms with van der Waals surface area (Å²) in [6, 6.07) is 4.13. The number of nitrogens with zero attached hydrogens (tertiary/aromatic N) is 3. The Morgan fingerprint density at radius 3 is 3.00 bits per heavy atom. The van der Waals surface area contributed by atoms with Gasteiger partial charge in [-0.2, -0.15) is 5.10 Å². The summed E-state index contributed by atoms with van der Waals surface area (Å²) in [6.07, 6.45) is 2.13. The van der Waals surface area contributed by atoms with Gasteiger partial charge >= 0.3 is 0 Å². The summed E-state index contributed by atoms with van der Waals surface area (Å²) in [6.45, 7) is 2.54. The number of ketones is 1. The topological polar surface area (TPSA) is 73.8 Å². The summed E-state index contributed by atoms with van der Waals surface area (Å²) in [7, 11) is 0. The first-order valence-corrected chi connectivity index (χ1v) is 5.61. The predicted octanol–water partition coefficient (Wildman–Crippen LogP) is 1.64. The summed E-state index contributed by atoms with van der Waals surface area (Å²) in [5.41, 5.74) is 5.51. The zero-order valence-corrected chi connectivity index (χ0v) is 9.93. The van der Waals surface area contributed by atoms with E-state index in [1.165, 1.54) is 29.2 Å². The largest absolute Gasteiger partial charge is 0.396 e. The molecule has 0 aliphatic carbocycles. The maximum Gasteiger partial charge on any atom is 0.232 e. The van der Waals surface area contributed by atoms with E-state index in [1.807, 2.05) is 6.92 Å². The summed E-state index contributed by atoms with van der Waals surface area (Å²) < 4.78 is 14.8. The third-order valence-electron chi connectivity index (χ3n) is 2.55. The second-order valence-electron chi connectivity index (χ2n) is 3.84. The van der Waals surface area contributed by atoms with Crippen molar-refractivity contribution in [2.75, 3.05) is 5.73 Å². The number of anilines is 1. The Balaban J connectivity index is 2.42. The smallest absolute Gasteiger partial charge is 0.232 e. The van der Waals surface area contributed by atoms with Gasteiger partial charge in [-0.05, 0) is 18.6 Å². The Bertz CT molecular complexity index is 579. The van der Waals surface area contributed by atoms with Crippen LogP contribution in [-0.2, 0) is 6.54 Å². The Morgan fingerprint density at radius 2 is 2.28 bits per heavy atom.